The van der Waals surface area contributed by atoms with Crippen LogP contribution in [0.3, 0.4) is 0 Å². The van der Waals surface area contributed by atoms with Crippen molar-refractivity contribution >= 4 is 11.9 Å². The molecule has 0 aromatic carbocycles. The molecule has 1 aliphatic carbocycles. The van der Waals surface area contributed by atoms with Crippen molar-refractivity contribution in [1.29, 1.82) is 0 Å². The summed E-state index contributed by atoms with van der Waals surface area (Å²) in [4.78, 5) is 21.7. The zero-order valence-electron chi connectivity index (χ0n) is 5.25. The van der Waals surface area contributed by atoms with Crippen LogP contribution in [-0.2, 0) is 19.1 Å². The first kappa shape index (κ1) is 5.70. The number of hydrogen-bond acceptors (Lipinski definition) is 4. The molecule has 2 fully saturated rings. The topological polar surface area (TPSA) is 52.6 Å². The Balaban J connectivity index is 2.26. The molecule has 0 radical (unpaired) electrons. The Morgan fingerprint density at radius 3 is 1.90 bits per heavy atom. The molecule has 0 amide bonds. The third kappa shape index (κ3) is 0.509. The number of carbonyl (C=O) groups excluding carboxylic acids is 2. The molecule has 0 aromatic heterocycles. The van der Waals surface area contributed by atoms with Crippen LogP contribution in [0.1, 0.15) is 12.8 Å². The molecule has 1 spiro atoms. The summed E-state index contributed by atoms with van der Waals surface area (Å²) in [5, 5.41) is 0. The van der Waals surface area contributed by atoms with E-state index in [-0.39, 0.29) is 6.79 Å². The van der Waals surface area contributed by atoms with E-state index in [0.29, 0.717) is 12.8 Å². The Morgan fingerprint density at radius 2 is 1.60 bits per heavy atom. The fourth-order valence-electron chi connectivity index (χ4n) is 1.03. The molecular formula is C6H6O4. The standard InChI is InChI=1S/C6H6O4/c7-4-6(1-2-6)5(8)10-3-9-4/h1-3H2. The van der Waals surface area contributed by atoms with Crippen LogP contribution >= 0.6 is 0 Å². The summed E-state index contributed by atoms with van der Waals surface area (Å²) in [5.74, 6) is -0.826. The van der Waals surface area contributed by atoms with Crippen LogP contribution in [0.15, 0.2) is 0 Å². The van der Waals surface area contributed by atoms with Crippen molar-refractivity contribution in [2.24, 2.45) is 5.41 Å². The van der Waals surface area contributed by atoms with Crippen LogP contribution in [0.2, 0.25) is 0 Å². The molecule has 4 nitrogen and oxygen atoms in total. The van der Waals surface area contributed by atoms with Gasteiger partial charge in [-0.15, -0.1) is 0 Å². The van der Waals surface area contributed by atoms with E-state index >= 15 is 0 Å². The van der Waals surface area contributed by atoms with Crippen LogP contribution in [0.25, 0.3) is 0 Å². The van der Waals surface area contributed by atoms with Crippen LogP contribution < -0.4 is 0 Å². The zero-order valence-corrected chi connectivity index (χ0v) is 5.25. The minimum atomic E-state index is -0.877. The number of carbonyl (C=O) groups is 2. The molecule has 1 saturated carbocycles. The summed E-state index contributed by atoms with van der Waals surface area (Å²) in [5.41, 5.74) is -0.877. The maximum absolute atomic E-state index is 10.9. The summed E-state index contributed by atoms with van der Waals surface area (Å²) in [6.07, 6.45) is 1.18. The van der Waals surface area contributed by atoms with E-state index in [1.165, 1.54) is 0 Å². The summed E-state index contributed by atoms with van der Waals surface area (Å²) < 4.78 is 9.09. The smallest absolute Gasteiger partial charge is 0.326 e. The number of ether oxygens (including phenoxy) is 2. The van der Waals surface area contributed by atoms with Gasteiger partial charge in [-0.05, 0) is 12.8 Å². The molecule has 0 unspecified atom stereocenters. The maximum Gasteiger partial charge on any atom is 0.326 e. The Morgan fingerprint density at radius 1 is 1.10 bits per heavy atom. The fraction of sp³-hybridized carbons (Fsp3) is 0.667. The predicted octanol–water partition coefficient (Wildman–Crippen LogP) is -0.176. The molecule has 0 atom stereocenters. The third-order valence-corrected chi connectivity index (χ3v) is 1.91. The number of esters is 2. The van der Waals surface area contributed by atoms with E-state index in [4.69, 9.17) is 0 Å². The van der Waals surface area contributed by atoms with Crippen molar-refractivity contribution in [3.63, 3.8) is 0 Å². The lowest BCUT2D eigenvalue weighted by Crippen LogP contribution is -2.36. The minimum Gasteiger partial charge on any atom is -0.427 e. The highest BCUT2D eigenvalue weighted by atomic mass is 16.7. The van der Waals surface area contributed by atoms with E-state index in [0.717, 1.165) is 0 Å². The molecule has 4 heteroatoms. The Labute approximate surface area is 57.1 Å². The molecule has 0 aromatic rings. The van der Waals surface area contributed by atoms with Gasteiger partial charge in [0, 0.05) is 0 Å². The second-order valence-corrected chi connectivity index (χ2v) is 2.56. The third-order valence-electron chi connectivity index (χ3n) is 1.91. The molecule has 1 heterocycles. The number of hydrogen-bond donors (Lipinski definition) is 0. The summed E-state index contributed by atoms with van der Waals surface area (Å²) >= 11 is 0. The van der Waals surface area contributed by atoms with Gasteiger partial charge in [0.1, 0.15) is 0 Å². The van der Waals surface area contributed by atoms with Gasteiger partial charge in [0.25, 0.3) is 0 Å². The zero-order chi connectivity index (χ0) is 7.19. The molecule has 1 saturated heterocycles. The van der Waals surface area contributed by atoms with Crippen molar-refractivity contribution in [3.8, 4) is 0 Å². The summed E-state index contributed by atoms with van der Waals surface area (Å²) in [7, 11) is 0. The molecule has 54 valence electrons. The highest BCUT2D eigenvalue weighted by molar-refractivity contribution is 6.04. The second kappa shape index (κ2) is 1.51. The van der Waals surface area contributed by atoms with Gasteiger partial charge in [0.15, 0.2) is 5.41 Å². The maximum atomic E-state index is 10.9. The highest BCUT2D eigenvalue weighted by Gasteiger charge is 2.61. The lowest BCUT2D eigenvalue weighted by Gasteiger charge is -2.18. The van der Waals surface area contributed by atoms with E-state index in [2.05, 4.69) is 9.47 Å². The van der Waals surface area contributed by atoms with Gasteiger partial charge in [-0.3, -0.25) is 9.59 Å². The van der Waals surface area contributed by atoms with Gasteiger partial charge in [0.05, 0.1) is 0 Å². The van der Waals surface area contributed by atoms with Crippen molar-refractivity contribution < 1.29 is 19.1 Å². The highest BCUT2D eigenvalue weighted by Crippen LogP contribution is 2.49. The Hall–Kier alpha value is -1.06. The van der Waals surface area contributed by atoms with Gasteiger partial charge in [-0.1, -0.05) is 0 Å². The Kier molecular flexibility index (Phi) is 0.859. The van der Waals surface area contributed by atoms with Gasteiger partial charge >= 0.3 is 11.9 Å². The molecule has 0 bridgehead atoms. The van der Waals surface area contributed by atoms with E-state index in [1.807, 2.05) is 0 Å². The first-order valence-electron chi connectivity index (χ1n) is 3.10. The van der Waals surface area contributed by atoms with E-state index < -0.39 is 17.4 Å². The number of rotatable bonds is 0. The molecule has 2 aliphatic rings. The van der Waals surface area contributed by atoms with Gasteiger partial charge in [0.2, 0.25) is 6.79 Å². The van der Waals surface area contributed by atoms with Crippen molar-refractivity contribution in [2.75, 3.05) is 6.79 Å². The quantitative estimate of drug-likeness (QED) is 0.348. The van der Waals surface area contributed by atoms with Gasteiger partial charge < -0.3 is 9.47 Å². The molecule has 0 N–H and O–H groups in total. The van der Waals surface area contributed by atoms with Crippen LogP contribution in [0, 0.1) is 5.41 Å². The van der Waals surface area contributed by atoms with Crippen LogP contribution in [0.4, 0.5) is 0 Å². The second-order valence-electron chi connectivity index (χ2n) is 2.56. The predicted molar refractivity (Wildman–Crippen MR) is 28.7 cm³/mol. The normalized spacial score (nSPS) is 27.6. The van der Waals surface area contributed by atoms with E-state index in [1.54, 1.807) is 0 Å². The average Bonchev–Trinajstić information content (AvgIpc) is 2.64. The van der Waals surface area contributed by atoms with Crippen LogP contribution in [0.5, 0.6) is 0 Å². The number of cyclic esters (lactones) is 2. The van der Waals surface area contributed by atoms with E-state index in [9.17, 15) is 9.59 Å². The van der Waals surface area contributed by atoms with Crippen molar-refractivity contribution in [2.45, 2.75) is 12.8 Å². The summed E-state index contributed by atoms with van der Waals surface area (Å²) in [6, 6.07) is 0. The average molecular weight is 142 g/mol. The monoisotopic (exact) mass is 142 g/mol. The summed E-state index contributed by atoms with van der Waals surface area (Å²) in [6.45, 7) is -0.209. The largest absolute Gasteiger partial charge is 0.427 e. The minimum absolute atomic E-state index is 0.209. The van der Waals surface area contributed by atoms with Crippen molar-refractivity contribution in [3.05, 3.63) is 0 Å². The first-order chi connectivity index (χ1) is 4.76. The van der Waals surface area contributed by atoms with Crippen molar-refractivity contribution in [1.82, 2.24) is 0 Å². The SMILES string of the molecule is O=C1OCOC(=O)C12CC2. The van der Waals surface area contributed by atoms with Gasteiger partial charge in [-0.2, -0.15) is 0 Å². The fourth-order valence-corrected chi connectivity index (χ4v) is 1.03. The molecular weight excluding hydrogens is 136 g/mol. The first-order valence-corrected chi connectivity index (χ1v) is 3.10. The molecule has 1 aliphatic heterocycles. The molecule has 10 heavy (non-hydrogen) atoms. The Bertz CT molecular complexity index is 186. The van der Waals surface area contributed by atoms with Gasteiger partial charge in [-0.25, -0.2) is 0 Å². The molecule has 2 rings (SSSR count). The lowest BCUT2D eigenvalue weighted by atomic mass is 10.1. The van der Waals surface area contributed by atoms with Crippen LogP contribution in [-0.4, -0.2) is 18.7 Å². The lowest BCUT2D eigenvalue weighted by molar-refractivity contribution is -0.192.